The molecule has 3 heteroatoms. The Morgan fingerprint density at radius 1 is 0.347 bits per heavy atom. The largest absolute Gasteiger partial charge is 0.310 e. The van der Waals surface area contributed by atoms with Gasteiger partial charge in [0.15, 0.2) is 0 Å². The third kappa shape index (κ3) is 4.51. The Kier molecular flexibility index (Phi) is 6.61. The third-order valence-corrected chi connectivity index (χ3v) is 12.1. The van der Waals surface area contributed by atoms with Crippen molar-refractivity contribution in [1.82, 2.24) is 0 Å². The Balaban J connectivity index is 1.28. The van der Waals surface area contributed by atoms with Gasteiger partial charge in [-0.25, -0.2) is 0 Å². The van der Waals surface area contributed by atoms with Crippen LogP contribution in [0.1, 0.15) is 0 Å². The van der Waals surface area contributed by atoms with Crippen LogP contribution in [0.2, 0.25) is 0 Å². The highest BCUT2D eigenvalue weighted by molar-refractivity contribution is 7.27. The minimum Gasteiger partial charge on any atom is -0.310 e. The van der Waals surface area contributed by atoms with Crippen LogP contribution in [-0.4, -0.2) is 0 Å². The molecule has 1 nitrogen and oxygen atoms in total. The zero-order valence-electron chi connectivity index (χ0n) is 26.5. The van der Waals surface area contributed by atoms with Gasteiger partial charge in [0.2, 0.25) is 0 Å². The summed E-state index contributed by atoms with van der Waals surface area (Å²) in [5.74, 6) is 0. The number of benzene rings is 8. The fourth-order valence-corrected chi connectivity index (χ4v) is 10.1. The maximum atomic E-state index is 2.48. The molecule has 0 N–H and O–H groups in total. The number of nitrogens with zero attached hydrogens (tertiary/aromatic N) is 1. The van der Waals surface area contributed by atoms with Crippen molar-refractivity contribution >= 4 is 90.9 Å². The van der Waals surface area contributed by atoms with Crippen molar-refractivity contribution in [3.8, 4) is 22.3 Å². The summed E-state index contributed by atoms with van der Waals surface area (Å²) in [4.78, 5) is 2.40. The van der Waals surface area contributed by atoms with E-state index in [9.17, 15) is 0 Å². The van der Waals surface area contributed by atoms with E-state index >= 15 is 0 Å². The number of anilines is 3. The summed E-state index contributed by atoms with van der Waals surface area (Å²) in [7, 11) is 0. The molecule has 0 saturated heterocycles. The van der Waals surface area contributed by atoms with Gasteiger partial charge in [-0.15, -0.1) is 22.7 Å². The van der Waals surface area contributed by atoms with Crippen LogP contribution in [0.4, 0.5) is 17.1 Å². The highest BCUT2D eigenvalue weighted by Crippen LogP contribution is 2.50. The summed E-state index contributed by atoms with van der Waals surface area (Å²) in [6.07, 6.45) is 0. The summed E-state index contributed by atoms with van der Waals surface area (Å²) in [6.45, 7) is 0. The maximum absolute atomic E-state index is 2.48. The average Bonchev–Trinajstić information content (AvgIpc) is 3.75. The fraction of sp³-hybridized carbons (Fsp3) is 0. The van der Waals surface area contributed by atoms with Gasteiger partial charge in [0.25, 0.3) is 0 Å². The van der Waals surface area contributed by atoms with Gasteiger partial charge in [-0.05, 0) is 64.5 Å². The lowest BCUT2D eigenvalue weighted by Crippen LogP contribution is -2.09. The van der Waals surface area contributed by atoms with E-state index in [1.807, 2.05) is 22.7 Å². The molecule has 49 heavy (non-hydrogen) atoms. The number of hydrogen-bond donors (Lipinski definition) is 0. The summed E-state index contributed by atoms with van der Waals surface area (Å²) in [5.41, 5.74) is 8.59. The van der Waals surface area contributed by atoms with E-state index < -0.39 is 0 Å². The molecule has 0 spiro atoms. The normalized spacial score (nSPS) is 11.7. The van der Waals surface area contributed by atoms with Gasteiger partial charge in [-0.3, -0.25) is 0 Å². The number of thiophene rings is 2. The minimum absolute atomic E-state index is 1.14. The van der Waals surface area contributed by atoms with Gasteiger partial charge in [0, 0.05) is 62.7 Å². The first-order valence-corrected chi connectivity index (χ1v) is 18.2. The standard InChI is InChI=1S/C46H29NS2/c1-4-15-30(16-5-1)33-23-12-24-36-37-25-13-26-38(45(37)49-44(33)36)39-29-40-43-41(47(31-17-6-2-7-18-31)32-19-8-3-9-20-32)27-14-28-42(43)48-46(40)35-22-11-10-21-34(35)39/h1-29H. The Hall–Kier alpha value is -5.74. The van der Waals surface area contributed by atoms with Crippen molar-refractivity contribution in [2.75, 3.05) is 4.90 Å². The smallest absolute Gasteiger partial charge is 0.0554 e. The van der Waals surface area contributed by atoms with E-state index in [1.165, 1.54) is 79.1 Å². The lowest BCUT2D eigenvalue weighted by molar-refractivity contribution is 1.30. The summed E-state index contributed by atoms with van der Waals surface area (Å²) < 4.78 is 5.29. The van der Waals surface area contributed by atoms with Crippen LogP contribution in [0.15, 0.2) is 176 Å². The van der Waals surface area contributed by atoms with Crippen LogP contribution in [0.3, 0.4) is 0 Å². The molecular weight excluding hydrogens is 631 g/mol. The molecule has 0 radical (unpaired) electrons. The van der Waals surface area contributed by atoms with E-state index in [0.29, 0.717) is 0 Å². The van der Waals surface area contributed by atoms with Gasteiger partial charge in [0.05, 0.1) is 5.69 Å². The van der Waals surface area contributed by atoms with Gasteiger partial charge in [-0.2, -0.15) is 0 Å². The lowest BCUT2D eigenvalue weighted by Gasteiger charge is -2.26. The van der Waals surface area contributed by atoms with Crippen molar-refractivity contribution in [2.24, 2.45) is 0 Å². The van der Waals surface area contributed by atoms with Crippen molar-refractivity contribution < 1.29 is 0 Å². The van der Waals surface area contributed by atoms with Crippen molar-refractivity contribution in [2.45, 2.75) is 0 Å². The van der Waals surface area contributed by atoms with E-state index in [4.69, 9.17) is 0 Å². The second-order valence-corrected chi connectivity index (χ2v) is 14.5. The number of rotatable bonds is 5. The second-order valence-electron chi connectivity index (χ2n) is 12.4. The molecule has 2 heterocycles. The van der Waals surface area contributed by atoms with E-state index in [-0.39, 0.29) is 0 Å². The molecule has 0 aliphatic rings. The number of fused-ring (bicyclic) bond motifs is 8. The molecule has 0 fully saturated rings. The van der Waals surface area contributed by atoms with Crippen molar-refractivity contribution in [3.05, 3.63) is 176 Å². The van der Waals surface area contributed by atoms with Gasteiger partial charge < -0.3 is 4.90 Å². The molecule has 0 atom stereocenters. The second kappa shape index (κ2) is 11.5. The highest BCUT2D eigenvalue weighted by atomic mass is 32.1. The highest BCUT2D eigenvalue weighted by Gasteiger charge is 2.22. The number of para-hydroxylation sites is 2. The number of hydrogen-bond acceptors (Lipinski definition) is 3. The maximum Gasteiger partial charge on any atom is 0.0554 e. The topological polar surface area (TPSA) is 3.24 Å². The van der Waals surface area contributed by atoms with Crippen LogP contribution >= 0.6 is 22.7 Å². The van der Waals surface area contributed by atoms with Gasteiger partial charge >= 0.3 is 0 Å². The summed E-state index contributed by atoms with van der Waals surface area (Å²) in [6, 6.07) is 64.1. The molecule has 10 aromatic rings. The SMILES string of the molecule is c1ccc(-c2cccc3c2sc2c(-c4cc5c(sc6cccc(N(c7ccccc7)c7ccccc7)c65)c5ccccc45)cccc23)cc1. The minimum atomic E-state index is 1.14. The van der Waals surface area contributed by atoms with E-state index in [0.717, 1.165) is 11.4 Å². The van der Waals surface area contributed by atoms with Gasteiger partial charge in [-0.1, -0.05) is 133 Å². The van der Waals surface area contributed by atoms with E-state index in [1.54, 1.807) is 0 Å². The molecule has 0 aliphatic carbocycles. The lowest BCUT2D eigenvalue weighted by atomic mass is 9.94. The molecule has 0 saturated carbocycles. The summed E-state index contributed by atoms with van der Waals surface area (Å²) in [5, 5.41) is 7.81. The molecule has 0 bridgehead atoms. The Morgan fingerprint density at radius 2 is 0.878 bits per heavy atom. The van der Waals surface area contributed by atoms with Crippen LogP contribution in [0.25, 0.3) is 73.4 Å². The first-order valence-electron chi connectivity index (χ1n) is 16.6. The first kappa shape index (κ1) is 28.3. The average molecular weight is 660 g/mol. The molecule has 8 aromatic carbocycles. The molecule has 0 aliphatic heterocycles. The van der Waals surface area contributed by atoms with Crippen LogP contribution < -0.4 is 4.90 Å². The van der Waals surface area contributed by atoms with Crippen LogP contribution in [0.5, 0.6) is 0 Å². The molecule has 0 unspecified atom stereocenters. The Morgan fingerprint density at radius 3 is 1.57 bits per heavy atom. The molecular formula is C46H29NS2. The quantitative estimate of drug-likeness (QED) is 0.178. The third-order valence-electron chi connectivity index (χ3n) is 9.65. The van der Waals surface area contributed by atoms with Crippen molar-refractivity contribution in [1.29, 1.82) is 0 Å². The van der Waals surface area contributed by atoms with E-state index in [2.05, 4.69) is 181 Å². The Labute approximate surface area is 292 Å². The fourth-order valence-electron chi connectivity index (χ4n) is 7.50. The molecule has 0 amide bonds. The molecule has 2 aromatic heterocycles. The van der Waals surface area contributed by atoms with Crippen LogP contribution in [-0.2, 0) is 0 Å². The molecule has 230 valence electrons. The molecule has 10 rings (SSSR count). The first-order chi connectivity index (χ1) is 24.3. The predicted molar refractivity (Wildman–Crippen MR) is 215 cm³/mol. The Bertz CT molecular complexity index is 2770. The van der Waals surface area contributed by atoms with Crippen LogP contribution in [0, 0.1) is 0 Å². The monoisotopic (exact) mass is 659 g/mol. The zero-order chi connectivity index (χ0) is 32.3. The van der Waals surface area contributed by atoms with Gasteiger partial charge in [0.1, 0.15) is 0 Å². The summed E-state index contributed by atoms with van der Waals surface area (Å²) >= 11 is 3.82. The van der Waals surface area contributed by atoms with Crippen molar-refractivity contribution in [3.63, 3.8) is 0 Å². The predicted octanol–water partition coefficient (Wildman–Crippen LogP) is 14.4. The zero-order valence-corrected chi connectivity index (χ0v) is 28.1.